The number of hydrogen-bond acceptors (Lipinski definition) is 4. The van der Waals surface area contributed by atoms with Crippen LogP contribution in [0.2, 0.25) is 5.02 Å². The number of benzene rings is 1. The maximum atomic E-state index is 11.7. The maximum Gasteiger partial charge on any atom is 0.340 e. The molecule has 0 unspecified atom stereocenters. The van der Waals surface area contributed by atoms with Crippen LogP contribution in [-0.2, 0) is 17.8 Å². The van der Waals surface area contributed by atoms with Crippen molar-refractivity contribution in [3.05, 3.63) is 47.0 Å². The number of esters is 1. The molecule has 0 saturated carbocycles. The van der Waals surface area contributed by atoms with E-state index in [9.17, 15) is 4.79 Å². The van der Waals surface area contributed by atoms with E-state index in [1.165, 1.54) is 7.11 Å². The van der Waals surface area contributed by atoms with Gasteiger partial charge < -0.3 is 14.6 Å². The van der Waals surface area contributed by atoms with Crippen LogP contribution in [0.25, 0.3) is 0 Å². The molecule has 0 radical (unpaired) electrons. The van der Waals surface area contributed by atoms with Gasteiger partial charge in [-0.3, -0.25) is 0 Å². The van der Waals surface area contributed by atoms with Crippen LogP contribution in [-0.4, -0.2) is 22.6 Å². The molecule has 0 bridgehead atoms. The molecule has 0 aliphatic heterocycles. The molecule has 2 aromatic rings. The quantitative estimate of drug-likeness (QED) is 0.861. The second kappa shape index (κ2) is 6.43. The molecule has 0 aliphatic carbocycles. The van der Waals surface area contributed by atoms with Gasteiger partial charge in [-0.15, -0.1) is 0 Å². The number of nitrogens with zero attached hydrogens (tertiary/aromatic N) is 2. The molecule has 0 saturated heterocycles. The van der Waals surface area contributed by atoms with E-state index < -0.39 is 5.97 Å². The van der Waals surface area contributed by atoms with E-state index >= 15 is 0 Å². The molecule has 0 amide bonds. The lowest BCUT2D eigenvalue weighted by atomic mass is 10.1. The molecule has 6 heteroatoms. The molecule has 0 spiro atoms. The first kappa shape index (κ1) is 14.4. The second-order valence-electron chi connectivity index (χ2n) is 4.21. The van der Waals surface area contributed by atoms with Crippen molar-refractivity contribution in [2.75, 3.05) is 12.4 Å². The molecular weight excluding hydrogens is 278 g/mol. The largest absolute Gasteiger partial charge is 0.465 e. The van der Waals surface area contributed by atoms with Crippen LogP contribution in [0.4, 0.5) is 5.69 Å². The van der Waals surface area contributed by atoms with E-state index in [1.54, 1.807) is 30.7 Å². The smallest absolute Gasteiger partial charge is 0.340 e. The van der Waals surface area contributed by atoms with Gasteiger partial charge in [-0.1, -0.05) is 11.6 Å². The van der Waals surface area contributed by atoms with Gasteiger partial charge in [0, 0.05) is 23.5 Å². The summed E-state index contributed by atoms with van der Waals surface area (Å²) in [5.41, 5.74) is 2.14. The third kappa shape index (κ3) is 3.11. The van der Waals surface area contributed by atoms with E-state index in [0.29, 0.717) is 22.8 Å². The predicted molar refractivity (Wildman–Crippen MR) is 78.0 cm³/mol. The lowest BCUT2D eigenvalue weighted by Gasteiger charge is -2.12. The maximum absolute atomic E-state index is 11.7. The van der Waals surface area contributed by atoms with Crippen LogP contribution >= 0.6 is 11.6 Å². The van der Waals surface area contributed by atoms with Gasteiger partial charge in [-0.05, 0) is 25.1 Å². The molecule has 1 N–H and O–H groups in total. The Morgan fingerprint density at radius 3 is 3.00 bits per heavy atom. The number of imidazole rings is 1. The molecule has 1 heterocycles. The number of carbonyl (C=O) groups excluding carboxylic acids is 1. The SMILES string of the molecule is CCn1cncc1CNc1ccc(Cl)cc1C(=O)OC. The van der Waals surface area contributed by atoms with Gasteiger partial charge >= 0.3 is 5.97 Å². The summed E-state index contributed by atoms with van der Waals surface area (Å²) < 4.78 is 6.79. The molecule has 0 fully saturated rings. The van der Waals surface area contributed by atoms with Gasteiger partial charge in [0.2, 0.25) is 0 Å². The zero-order chi connectivity index (χ0) is 14.5. The number of hydrogen-bond donors (Lipinski definition) is 1. The molecule has 5 nitrogen and oxygen atoms in total. The van der Waals surface area contributed by atoms with E-state index in [2.05, 4.69) is 10.3 Å². The fourth-order valence-electron chi connectivity index (χ4n) is 1.92. The number of aromatic nitrogens is 2. The highest BCUT2D eigenvalue weighted by atomic mass is 35.5. The Hall–Kier alpha value is -2.01. The number of rotatable bonds is 5. The molecule has 0 atom stereocenters. The highest BCUT2D eigenvalue weighted by Gasteiger charge is 2.12. The molecule has 0 aliphatic rings. The zero-order valence-corrected chi connectivity index (χ0v) is 12.1. The summed E-state index contributed by atoms with van der Waals surface area (Å²) in [5.74, 6) is -0.418. The average Bonchev–Trinajstić information content (AvgIpc) is 2.92. The number of halogens is 1. The van der Waals surface area contributed by atoms with Crippen molar-refractivity contribution in [2.24, 2.45) is 0 Å². The summed E-state index contributed by atoms with van der Waals surface area (Å²) in [4.78, 5) is 15.8. The Labute approximate surface area is 122 Å². The fourth-order valence-corrected chi connectivity index (χ4v) is 2.09. The summed E-state index contributed by atoms with van der Waals surface area (Å²) >= 11 is 5.92. The summed E-state index contributed by atoms with van der Waals surface area (Å²) in [5, 5.41) is 3.71. The topological polar surface area (TPSA) is 56.2 Å². The predicted octanol–water partition coefficient (Wildman–Crippen LogP) is 2.96. The van der Waals surface area contributed by atoms with Gasteiger partial charge in [0.15, 0.2) is 0 Å². The lowest BCUT2D eigenvalue weighted by Crippen LogP contribution is -2.10. The summed E-state index contributed by atoms with van der Waals surface area (Å²) in [7, 11) is 1.35. The van der Waals surface area contributed by atoms with E-state index in [1.807, 2.05) is 11.5 Å². The normalized spacial score (nSPS) is 10.3. The van der Waals surface area contributed by atoms with Gasteiger partial charge in [0.25, 0.3) is 0 Å². The van der Waals surface area contributed by atoms with Crippen molar-refractivity contribution in [1.29, 1.82) is 0 Å². The van der Waals surface area contributed by atoms with Crippen LogP contribution in [0.15, 0.2) is 30.7 Å². The second-order valence-corrected chi connectivity index (χ2v) is 4.64. The Kier molecular flexibility index (Phi) is 4.63. The zero-order valence-electron chi connectivity index (χ0n) is 11.4. The van der Waals surface area contributed by atoms with E-state index in [4.69, 9.17) is 16.3 Å². The summed E-state index contributed by atoms with van der Waals surface area (Å²) in [6.07, 6.45) is 3.57. The van der Waals surface area contributed by atoms with Gasteiger partial charge in [-0.2, -0.15) is 0 Å². The van der Waals surface area contributed by atoms with Crippen molar-refractivity contribution in [2.45, 2.75) is 20.0 Å². The minimum Gasteiger partial charge on any atom is -0.465 e. The third-order valence-corrected chi connectivity index (χ3v) is 3.22. The van der Waals surface area contributed by atoms with Crippen molar-refractivity contribution in [1.82, 2.24) is 9.55 Å². The summed E-state index contributed by atoms with van der Waals surface area (Å²) in [6, 6.07) is 5.08. The highest BCUT2D eigenvalue weighted by molar-refractivity contribution is 6.31. The van der Waals surface area contributed by atoms with Crippen molar-refractivity contribution in [3.63, 3.8) is 0 Å². The van der Waals surface area contributed by atoms with Gasteiger partial charge in [0.05, 0.1) is 31.2 Å². The third-order valence-electron chi connectivity index (χ3n) is 2.99. The number of methoxy groups -OCH3 is 1. The van der Waals surface area contributed by atoms with Crippen LogP contribution in [0.1, 0.15) is 23.0 Å². The number of carbonyl (C=O) groups is 1. The number of ether oxygens (including phenoxy) is 1. The monoisotopic (exact) mass is 293 g/mol. The molecule has 1 aromatic carbocycles. The Balaban J connectivity index is 2.19. The van der Waals surface area contributed by atoms with Gasteiger partial charge in [0.1, 0.15) is 0 Å². The summed E-state index contributed by atoms with van der Waals surface area (Å²) in [6.45, 7) is 3.47. The Morgan fingerprint density at radius 2 is 2.30 bits per heavy atom. The first-order valence-electron chi connectivity index (χ1n) is 6.26. The van der Waals surface area contributed by atoms with Crippen LogP contribution < -0.4 is 5.32 Å². The molecule has 20 heavy (non-hydrogen) atoms. The fraction of sp³-hybridized carbons (Fsp3) is 0.286. The Morgan fingerprint density at radius 1 is 1.50 bits per heavy atom. The standard InChI is InChI=1S/C14H16ClN3O2/c1-3-18-9-16-7-11(18)8-17-13-5-4-10(15)6-12(13)14(19)20-2/h4-7,9,17H,3,8H2,1-2H3. The van der Waals surface area contributed by atoms with Crippen molar-refractivity contribution < 1.29 is 9.53 Å². The average molecular weight is 294 g/mol. The molecule has 1 aromatic heterocycles. The Bertz CT molecular complexity index is 610. The number of aryl methyl sites for hydroxylation is 1. The highest BCUT2D eigenvalue weighted by Crippen LogP contribution is 2.22. The van der Waals surface area contributed by atoms with Crippen molar-refractivity contribution >= 4 is 23.3 Å². The molecule has 106 valence electrons. The van der Waals surface area contributed by atoms with Crippen LogP contribution in [0.3, 0.4) is 0 Å². The minimum absolute atomic E-state index is 0.418. The van der Waals surface area contributed by atoms with E-state index in [-0.39, 0.29) is 0 Å². The number of nitrogens with one attached hydrogen (secondary N) is 1. The minimum atomic E-state index is -0.418. The van der Waals surface area contributed by atoms with Gasteiger partial charge in [-0.25, -0.2) is 9.78 Å². The van der Waals surface area contributed by atoms with E-state index in [0.717, 1.165) is 12.2 Å². The van der Waals surface area contributed by atoms with Crippen LogP contribution in [0, 0.1) is 0 Å². The first-order chi connectivity index (χ1) is 9.65. The number of anilines is 1. The first-order valence-corrected chi connectivity index (χ1v) is 6.64. The van der Waals surface area contributed by atoms with Crippen LogP contribution in [0.5, 0.6) is 0 Å². The molecule has 2 rings (SSSR count). The van der Waals surface area contributed by atoms with Crippen molar-refractivity contribution in [3.8, 4) is 0 Å². The lowest BCUT2D eigenvalue weighted by molar-refractivity contribution is 0.0602. The molecular formula is C14H16ClN3O2.